The van der Waals surface area contributed by atoms with Crippen LogP contribution in [0.1, 0.15) is 6.92 Å². The van der Waals surface area contributed by atoms with E-state index in [0.717, 1.165) is 6.54 Å². The van der Waals surface area contributed by atoms with E-state index in [-0.39, 0.29) is 0 Å². The second kappa shape index (κ2) is 2.36. The summed E-state index contributed by atoms with van der Waals surface area (Å²) in [5, 5.41) is 0. The van der Waals surface area contributed by atoms with Gasteiger partial charge in [0, 0.05) is 6.54 Å². The fraction of sp³-hybridized carbons (Fsp3) is 0.667. The Hall–Kier alpha value is -0.235. The quantitative estimate of drug-likeness (QED) is 0.454. The Morgan fingerprint density at radius 3 is 2.75 bits per heavy atom. The van der Waals surface area contributed by atoms with Crippen LogP contribution in [0.25, 0.3) is 0 Å². The Labute approximate surface area is 51.5 Å². The minimum atomic E-state index is 0.681. The molecule has 8 heavy (non-hydrogen) atoms. The molecular formula is C6H12BN. The minimum absolute atomic E-state index is 0.681. The Morgan fingerprint density at radius 1 is 1.75 bits per heavy atom. The molecule has 0 aromatic heterocycles. The fourth-order valence-electron chi connectivity index (χ4n) is 1.10. The van der Waals surface area contributed by atoms with Crippen molar-refractivity contribution in [1.82, 2.24) is 4.81 Å². The Bertz CT molecular complexity index is 101. The third kappa shape index (κ3) is 0.946. The van der Waals surface area contributed by atoms with Crippen LogP contribution < -0.4 is 0 Å². The summed E-state index contributed by atoms with van der Waals surface area (Å²) >= 11 is 0. The molecule has 0 spiro atoms. The summed E-state index contributed by atoms with van der Waals surface area (Å²) in [6, 6.07) is 0. The van der Waals surface area contributed by atoms with E-state index < -0.39 is 0 Å². The maximum Gasteiger partial charge on any atom is 0.246 e. The van der Waals surface area contributed by atoms with Crippen LogP contribution >= 0.6 is 0 Å². The molecule has 1 aliphatic heterocycles. The van der Waals surface area contributed by atoms with Gasteiger partial charge in [-0.3, -0.25) is 0 Å². The first-order chi connectivity index (χ1) is 3.84. The predicted octanol–water partition coefficient (Wildman–Crippen LogP) is 1.04. The number of likely N-dealkylation sites (N-methyl/N-ethyl adjacent to an activating group) is 1. The molecule has 0 saturated heterocycles. The van der Waals surface area contributed by atoms with Crippen LogP contribution in [0.3, 0.4) is 0 Å². The summed E-state index contributed by atoms with van der Waals surface area (Å²) in [4.78, 5) is 2.42. The molecule has 0 bridgehead atoms. The van der Waals surface area contributed by atoms with Gasteiger partial charge in [-0.15, -0.1) is 5.98 Å². The summed E-state index contributed by atoms with van der Waals surface area (Å²) in [6.07, 6.45) is 2.23. The molecule has 0 fully saturated rings. The lowest BCUT2D eigenvalue weighted by atomic mass is 9.65. The maximum atomic E-state index is 2.42. The fourth-order valence-corrected chi connectivity index (χ4v) is 1.10. The largest absolute Gasteiger partial charge is 0.336 e. The van der Waals surface area contributed by atoms with Crippen molar-refractivity contribution in [3.8, 4) is 0 Å². The van der Waals surface area contributed by atoms with Crippen LogP contribution in [0, 0.1) is 0 Å². The molecule has 0 aliphatic carbocycles. The van der Waals surface area contributed by atoms with Gasteiger partial charge in [0.15, 0.2) is 0 Å². The number of rotatable bonds is 1. The van der Waals surface area contributed by atoms with Crippen LogP contribution in [0.15, 0.2) is 12.1 Å². The number of hydrogen-bond acceptors (Lipinski definition) is 1. The Morgan fingerprint density at radius 2 is 2.50 bits per heavy atom. The van der Waals surface area contributed by atoms with E-state index >= 15 is 0 Å². The van der Waals surface area contributed by atoms with Crippen LogP contribution in [0.4, 0.5) is 0 Å². The molecule has 1 heterocycles. The lowest BCUT2D eigenvalue weighted by Crippen LogP contribution is -2.30. The van der Waals surface area contributed by atoms with Gasteiger partial charge in [0.25, 0.3) is 0 Å². The van der Waals surface area contributed by atoms with Gasteiger partial charge in [0.05, 0.1) is 0 Å². The lowest BCUT2D eigenvalue weighted by Gasteiger charge is -2.15. The zero-order chi connectivity index (χ0) is 5.98. The highest BCUT2D eigenvalue weighted by atomic mass is 15.0. The van der Waals surface area contributed by atoms with Crippen molar-refractivity contribution in [2.45, 2.75) is 13.7 Å². The molecule has 0 radical (unpaired) electrons. The first-order valence-corrected chi connectivity index (χ1v) is 3.25. The van der Waals surface area contributed by atoms with E-state index in [0.29, 0.717) is 6.85 Å². The van der Waals surface area contributed by atoms with E-state index in [1.807, 2.05) is 0 Å². The third-order valence-corrected chi connectivity index (χ3v) is 1.74. The van der Waals surface area contributed by atoms with Crippen LogP contribution in [-0.4, -0.2) is 24.7 Å². The molecule has 44 valence electrons. The zero-order valence-corrected chi connectivity index (χ0v) is 5.59. The molecule has 0 aromatic rings. The van der Waals surface area contributed by atoms with E-state index in [9.17, 15) is 0 Å². The molecular weight excluding hydrogens is 96.9 g/mol. The minimum Gasteiger partial charge on any atom is -0.336 e. The first kappa shape index (κ1) is 5.89. The van der Waals surface area contributed by atoms with E-state index in [1.165, 1.54) is 6.54 Å². The molecule has 0 atom stereocenters. The van der Waals surface area contributed by atoms with E-state index in [1.54, 1.807) is 0 Å². The zero-order valence-electron chi connectivity index (χ0n) is 5.59. The smallest absolute Gasteiger partial charge is 0.246 e. The Kier molecular flexibility index (Phi) is 1.74. The molecule has 0 saturated carbocycles. The van der Waals surface area contributed by atoms with Gasteiger partial charge < -0.3 is 4.81 Å². The van der Waals surface area contributed by atoms with Crippen molar-refractivity contribution < 1.29 is 0 Å². The topological polar surface area (TPSA) is 3.24 Å². The summed E-state index contributed by atoms with van der Waals surface area (Å²) in [6.45, 7) is 7.43. The average molecular weight is 109 g/mol. The second-order valence-electron chi connectivity index (χ2n) is 2.26. The first-order valence-electron chi connectivity index (χ1n) is 3.25. The summed E-state index contributed by atoms with van der Waals surface area (Å²) < 4.78 is 0. The highest BCUT2D eigenvalue weighted by molar-refractivity contribution is 6.60. The second-order valence-corrected chi connectivity index (χ2v) is 2.26. The summed E-state index contributed by atoms with van der Waals surface area (Å²) in [5.41, 5.74) is 0. The predicted molar refractivity (Wildman–Crippen MR) is 38.0 cm³/mol. The van der Waals surface area contributed by atoms with Crippen molar-refractivity contribution >= 4 is 6.85 Å². The van der Waals surface area contributed by atoms with Gasteiger partial charge in [-0.05, 0) is 6.54 Å². The van der Waals surface area contributed by atoms with Crippen molar-refractivity contribution in [3.05, 3.63) is 12.1 Å². The molecule has 1 aliphatic rings. The van der Waals surface area contributed by atoms with Crippen LogP contribution in [0.2, 0.25) is 6.82 Å². The lowest BCUT2D eigenvalue weighted by molar-refractivity contribution is 0.522. The normalized spacial score (nSPS) is 20.5. The molecule has 1 rings (SSSR count). The van der Waals surface area contributed by atoms with E-state index in [4.69, 9.17) is 0 Å². The average Bonchev–Trinajstić information content (AvgIpc) is 2.14. The summed E-state index contributed by atoms with van der Waals surface area (Å²) in [7, 11) is 0. The van der Waals surface area contributed by atoms with Crippen LogP contribution in [0.5, 0.6) is 0 Å². The van der Waals surface area contributed by atoms with Gasteiger partial charge >= 0.3 is 0 Å². The monoisotopic (exact) mass is 109 g/mol. The molecule has 2 heteroatoms. The van der Waals surface area contributed by atoms with Crippen LogP contribution in [-0.2, 0) is 0 Å². The van der Waals surface area contributed by atoms with Crippen molar-refractivity contribution in [2.24, 2.45) is 0 Å². The molecule has 0 N–H and O–H groups in total. The molecule has 0 amide bonds. The Balaban J connectivity index is 2.38. The van der Waals surface area contributed by atoms with Crippen molar-refractivity contribution in [1.29, 1.82) is 0 Å². The van der Waals surface area contributed by atoms with E-state index in [2.05, 4.69) is 30.6 Å². The molecule has 1 nitrogen and oxygen atoms in total. The van der Waals surface area contributed by atoms with Gasteiger partial charge in [0.1, 0.15) is 0 Å². The number of hydrogen-bond donors (Lipinski definition) is 0. The highest BCUT2D eigenvalue weighted by Gasteiger charge is 2.15. The van der Waals surface area contributed by atoms with Crippen molar-refractivity contribution in [2.75, 3.05) is 13.1 Å². The maximum absolute atomic E-state index is 2.42. The van der Waals surface area contributed by atoms with Crippen molar-refractivity contribution in [3.63, 3.8) is 0 Å². The van der Waals surface area contributed by atoms with Gasteiger partial charge in [0.2, 0.25) is 6.85 Å². The third-order valence-electron chi connectivity index (χ3n) is 1.74. The highest BCUT2D eigenvalue weighted by Crippen LogP contribution is 2.02. The standard InChI is InChI=1S/C6H12BN/c1-3-8-6-4-5-7(8)2/h4-5H,3,6H2,1-2H3. The van der Waals surface area contributed by atoms with Gasteiger partial charge in [-0.1, -0.05) is 19.8 Å². The van der Waals surface area contributed by atoms with Gasteiger partial charge in [-0.25, -0.2) is 0 Å². The SMILES string of the molecule is CCN1CC=CB1C. The van der Waals surface area contributed by atoms with Gasteiger partial charge in [-0.2, -0.15) is 0 Å². The molecule has 0 unspecified atom stereocenters. The number of nitrogens with zero attached hydrogens (tertiary/aromatic N) is 1. The summed E-state index contributed by atoms with van der Waals surface area (Å²) in [5.74, 6) is 2.25. The molecule has 0 aromatic carbocycles.